The number of ether oxygens (including phenoxy) is 1. The van der Waals surface area contributed by atoms with Crippen molar-refractivity contribution in [3.8, 4) is 5.75 Å². The molecular weight excluding hydrogens is 244 g/mol. The predicted molar refractivity (Wildman–Crippen MR) is 78.6 cm³/mol. The first-order valence-corrected chi connectivity index (χ1v) is 7.49. The zero-order valence-electron chi connectivity index (χ0n) is 11.7. The van der Waals surface area contributed by atoms with Crippen LogP contribution in [0, 0.1) is 5.92 Å². The van der Waals surface area contributed by atoms with E-state index in [9.17, 15) is 4.79 Å². The highest BCUT2D eigenvalue weighted by Gasteiger charge is 2.08. The average molecular weight is 266 g/mol. The maximum atomic E-state index is 11.4. The normalized spacial score (nSPS) is 12.2. The molecule has 0 amide bonds. The van der Waals surface area contributed by atoms with Gasteiger partial charge in [0.1, 0.15) is 5.75 Å². The Bertz CT molecular complexity index is 401. The third-order valence-corrected chi connectivity index (χ3v) is 4.36. The van der Waals surface area contributed by atoms with Gasteiger partial charge in [0.15, 0.2) is 5.78 Å². The van der Waals surface area contributed by atoms with Crippen LogP contribution in [0.3, 0.4) is 0 Å². The molecule has 0 spiro atoms. The molecule has 0 fully saturated rings. The summed E-state index contributed by atoms with van der Waals surface area (Å²) in [5.74, 6) is 3.75. The lowest BCUT2D eigenvalue weighted by Gasteiger charge is -2.11. The topological polar surface area (TPSA) is 26.3 Å². The van der Waals surface area contributed by atoms with Crippen LogP contribution in [0.5, 0.6) is 5.75 Å². The van der Waals surface area contributed by atoms with Crippen molar-refractivity contribution in [1.29, 1.82) is 0 Å². The van der Waals surface area contributed by atoms with Crippen LogP contribution >= 0.6 is 11.8 Å². The highest BCUT2D eigenvalue weighted by Crippen LogP contribution is 2.26. The fourth-order valence-electron chi connectivity index (χ4n) is 1.60. The molecule has 2 nitrogen and oxygen atoms in total. The lowest BCUT2D eigenvalue weighted by atomic mass is 10.1. The summed E-state index contributed by atoms with van der Waals surface area (Å²) >= 11 is 1.90. The monoisotopic (exact) mass is 266 g/mol. The van der Waals surface area contributed by atoms with Crippen molar-refractivity contribution in [2.75, 3.05) is 12.9 Å². The standard InChI is InChI=1S/C15H22O2S/c1-5-11(2)9-18-10-14-8-13(12(3)16)6-7-15(14)17-4/h6-8,11H,5,9-10H2,1-4H3. The molecular formula is C15H22O2S. The van der Waals surface area contributed by atoms with Gasteiger partial charge in [-0.15, -0.1) is 0 Å². The molecule has 0 aliphatic carbocycles. The van der Waals surface area contributed by atoms with Gasteiger partial charge in [0.2, 0.25) is 0 Å². The van der Waals surface area contributed by atoms with Gasteiger partial charge < -0.3 is 4.74 Å². The van der Waals surface area contributed by atoms with E-state index in [4.69, 9.17) is 4.74 Å². The van der Waals surface area contributed by atoms with Crippen molar-refractivity contribution in [3.05, 3.63) is 29.3 Å². The molecule has 1 unspecified atom stereocenters. The van der Waals surface area contributed by atoms with Gasteiger partial charge in [-0.2, -0.15) is 11.8 Å². The molecule has 0 bridgehead atoms. The molecule has 18 heavy (non-hydrogen) atoms. The van der Waals surface area contributed by atoms with Crippen LogP contribution in [0.4, 0.5) is 0 Å². The second-order valence-corrected chi connectivity index (χ2v) is 5.64. The van der Waals surface area contributed by atoms with Crippen LogP contribution in [0.25, 0.3) is 0 Å². The number of thioether (sulfide) groups is 1. The zero-order valence-corrected chi connectivity index (χ0v) is 12.5. The fourth-order valence-corrected chi connectivity index (χ4v) is 2.80. The minimum Gasteiger partial charge on any atom is -0.496 e. The zero-order chi connectivity index (χ0) is 13.5. The van der Waals surface area contributed by atoms with E-state index in [-0.39, 0.29) is 5.78 Å². The highest BCUT2D eigenvalue weighted by molar-refractivity contribution is 7.98. The minimum atomic E-state index is 0.103. The first-order chi connectivity index (χ1) is 8.58. The molecule has 1 atom stereocenters. The van der Waals surface area contributed by atoms with Gasteiger partial charge in [-0.3, -0.25) is 4.79 Å². The van der Waals surface area contributed by atoms with Crippen LogP contribution in [0.1, 0.15) is 43.1 Å². The second kappa shape index (κ2) is 7.47. The number of carbonyl (C=O) groups excluding carboxylic acids is 1. The van der Waals surface area contributed by atoms with Crippen molar-refractivity contribution in [2.45, 2.75) is 32.9 Å². The summed E-state index contributed by atoms with van der Waals surface area (Å²) in [7, 11) is 1.67. The molecule has 0 aliphatic heterocycles. The third-order valence-electron chi connectivity index (χ3n) is 3.04. The number of hydrogen-bond donors (Lipinski definition) is 0. The number of hydrogen-bond acceptors (Lipinski definition) is 3. The maximum Gasteiger partial charge on any atom is 0.159 e. The van der Waals surface area contributed by atoms with Crippen molar-refractivity contribution in [1.82, 2.24) is 0 Å². The summed E-state index contributed by atoms with van der Waals surface area (Å²) in [5, 5.41) is 0. The quantitative estimate of drug-likeness (QED) is 0.693. The van der Waals surface area contributed by atoms with Crippen LogP contribution in [-0.2, 0) is 5.75 Å². The molecule has 1 aromatic carbocycles. The van der Waals surface area contributed by atoms with Gasteiger partial charge in [-0.05, 0) is 36.8 Å². The molecule has 0 radical (unpaired) electrons. The minimum absolute atomic E-state index is 0.103. The van der Waals surface area contributed by atoms with Crippen LogP contribution in [-0.4, -0.2) is 18.6 Å². The van der Waals surface area contributed by atoms with E-state index >= 15 is 0 Å². The molecule has 0 heterocycles. The number of benzene rings is 1. The largest absolute Gasteiger partial charge is 0.496 e. The smallest absolute Gasteiger partial charge is 0.159 e. The van der Waals surface area contributed by atoms with E-state index in [0.717, 1.165) is 34.3 Å². The summed E-state index contributed by atoms with van der Waals surface area (Å²) < 4.78 is 5.34. The van der Waals surface area contributed by atoms with Crippen LogP contribution < -0.4 is 4.74 Å². The molecule has 1 aromatic rings. The van der Waals surface area contributed by atoms with Crippen LogP contribution in [0.15, 0.2) is 18.2 Å². The summed E-state index contributed by atoms with van der Waals surface area (Å²) in [6.07, 6.45) is 1.21. The number of methoxy groups -OCH3 is 1. The molecule has 0 saturated heterocycles. The van der Waals surface area contributed by atoms with E-state index in [0.29, 0.717) is 0 Å². The highest BCUT2D eigenvalue weighted by atomic mass is 32.2. The Balaban J connectivity index is 2.72. The summed E-state index contributed by atoms with van der Waals surface area (Å²) in [6, 6.07) is 5.66. The second-order valence-electron chi connectivity index (χ2n) is 4.61. The summed E-state index contributed by atoms with van der Waals surface area (Å²) in [6.45, 7) is 6.07. The first kappa shape index (κ1) is 15.1. The molecule has 3 heteroatoms. The van der Waals surface area contributed by atoms with Crippen molar-refractivity contribution in [2.24, 2.45) is 5.92 Å². The van der Waals surface area contributed by atoms with Crippen molar-refractivity contribution < 1.29 is 9.53 Å². The predicted octanol–water partition coefficient (Wildman–Crippen LogP) is 4.18. The number of carbonyl (C=O) groups is 1. The van der Waals surface area contributed by atoms with Crippen LogP contribution in [0.2, 0.25) is 0 Å². The molecule has 0 saturated carbocycles. The van der Waals surface area contributed by atoms with E-state index in [1.807, 2.05) is 30.0 Å². The lowest BCUT2D eigenvalue weighted by Crippen LogP contribution is -1.99. The maximum absolute atomic E-state index is 11.4. The number of rotatable bonds is 7. The van der Waals surface area contributed by atoms with Gasteiger partial charge in [0.25, 0.3) is 0 Å². The Hall–Kier alpha value is -0.960. The van der Waals surface area contributed by atoms with Gasteiger partial charge in [-0.1, -0.05) is 20.3 Å². The van der Waals surface area contributed by atoms with Gasteiger partial charge in [0.05, 0.1) is 7.11 Å². The molecule has 0 aromatic heterocycles. The summed E-state index contributed by atoms with van der Waals surface area (Å²) in [5.41, 5.74) is 1.87. The number of ketones is 1. The lowest BCUT2D eigenvalue weighted by molar-refractivity contribution is 0.101. The van der Waals surface area contributed by atoms with Gasteiger partial charge in [0, 0.05) is 16.9 Å². The van der Waals surface area contributed by atoms with E-state index in [1.165, 1.54) is 6.42 Å². The third kappa shape index (κ3) is 4.37. The van der Waals surface area contributed by atoms with E-state index in [1.54, 1.807) is 14.0 Å². The Morgan fingerprint density at radius 2 is 2.17 bits per heavy atom. The average Bonchev–Trinajstić information content (AvgIpc) is 2.38. The summed E-state index contributed by atoms with van der Waals surface area (Å²) in [4.78, 5) is 11.4. The Labute approximate surface area is 114 Å². The van der Waals surface area contributed by atoms with E-state index in [2.05, 4.69) is 13.8 Å². The fraction of sp³-hybridized carbons (Fsp3) is 0.533. The molecule has 100 valence electrons. The Kier molecular flexibility index (Phi) is 6.27. The Morgan fingerprint density at radius 3 is 2.72 bits per heavy atom. The molecule has 0 N–H and O–H groups in total. The van der Waals surface area contributed by atoms with Crippen molar-refractivity contribution in [3.63, 3.8) is 0 Å². The number of Topliss-reactive ketones (excluding diaryl/α,β-unsaturated/α-hetero) is 1. The SMILES string of the molecule is CCC(C)CSCc1cc(C(C)=O)ccc1OC. The van der Waals surface area contributed by atoms with E-state index < -0.39 is 0 Å². The first-order valence-electron chi connectivity index (χ1n) is 6.34. The molecule has 0 aliphatic rings. The van der Waals surface area contributed by atoms with Gasteiger partial charge >= 0.3 is 0 Å². The molecule has 1 rings (SSSR count). The Morgan fingerprint density at radius 1 is 1.44 bits per heavy atom. The van der Waals surface area contributed by atoms with Gasteiger partial charge in [-0.25, -0.2) is 0 Å². The van der Waals surface area contributed by atoms with Crippen molar-refractivity contribution >= 4 is 17.5 Å².